The number of rotatable bonds is 7. The van der Waals surface area contributed by atoms with E-state index in [1.165, 1.54) is 18.2 Å². The molecule has 0 spiro atoms. The summed E-state index contributed by atoms with van der Waals surface area (Å²) in [6.07, 6.45) is -0.280. The Morgan fingerprint density at radius 3 is 2.37 bits per heavy atom. The number of carboxylic acid groups (broad SMARTS) is 1. The van der Waals surface area contributed by atoms with Crippen LogP contribution in [0.1, 0.15) is 22.8 Å². The fourth-order valence-electron chi connectivity index (χ4n) is 3.93. The molecule has 0 fully saturated rings. The van der Waals surface area contributed by atoms with Crippen molar-refractivity contribution in [3.05, 3.63) is 99.8 Å². The zero-order valence-corrected chi connectivity index (χ0v) is 20.1. The van der Waals surface area contributed by atoms with E-state index in [1.54, 1.807) is 35.8 Å². The molecular weight excluding hydrogens is 492 g/mol. The fourth-order valence-corrected chi connectivity index (χ4v) is 4.28. The fraction of sp³-hybridized carbons (Fsp3) is 0.111. The average molecular weight is 512 g/mol. The highest BCUT2D eigenvalue weighted by atomic mass is 35.5. The number of aromatic nitrogens is 1. The lowest BCUT2D eigenvalue weighted by atomic mass is 10.1. The Kier molecular flexibility index (Phi) is 7.24. The third-order valence-corrected chi connectivity index (χ3v) is 5.91. The summed E-state index contributed by atoms with van der Waals surface area (Å²) in [7, 11) is 0. The summed E-state index contributed by atoms with van der Waals surface area (Å²) < 4.78 is 21.1. The average Bonchev–Trinajstić information content (AvgIpc) is 3.23. The molecule has 0 aliphatic rings. The number of benzene rings is 3. The number of esters is 1. The van der Waals surface area contributed by atoms with Crippen LogP contribution in [0.25, 0.3) is 28.2 Å². The van der Waals surface area contributed by atoms with Gasteiger partial charge in [-0.2, -0.15) is 0 Å². The molecule has 5 nitrogen and oxygen atoms in total. The van der Waals surface area contributed by atoms with Gasteiger partial charge in [-0.1, -0.05) is 59.6 Å². The number of carbonyl (C=O) groups is 2. The van der Waals surface area contributed by atoms with Gasteiger partial charge >= 0.3 is 11.9 Å². The van der Waals surface area contributed by atoms with Crippen LogP contribution in [0.2, 0.25) is 10.0 Å². The lowest BCUT2D eigenvalue weighted by Gasteiger charge is -2.18. The van der Waals surface area contributed by atoms with E-state index in [2.05, 4.69) is 0 Å². The molecule has 0 bridgehead atoms. The summed E-state index contributed by atoms with van der Waals surface area (Å²) in [6.45, 7) is 1.85. The van der Waals surface area contributed by atoms with Gasteiger partial charge in [-0.05, 0) is 54.4 Å². The van der Waals surface area contributed by atoms with E-state index in [9.17, 15) is 19.1 Å². The van der Waals surface area contributed by atoms with Crippen molar-refractivity contribution in [2.75, 3.05) is 6.61 Å². The maximum atomic E-state index is 14.0. The number of hydrogen-bond acceptors (Lipinski definition) is 3. The first-order chi connectivity index (χ1) is 16.8. The Morgan fingerprint density at radius 1 is 0.971 bits per heavy atom. The summed E-state index contributed by atoms with van der Waals surface area (Å²) in [4.78, 5) is 24.7. The number of aliphatic carboxylic acids is 1. The van der Waals surface area contributed by atoms with Gasteiger partial charge in [0.25, 0.3) is 0 Å². The lowest BCUT2D eigenvalue weighted by molar-refractivity contribution is -0.136. The van der Waals surface area contributed by atoms with Crippen LogP contribution in [0.4, 0.5) is 4.39 Å². The van der Waals surface area contributed by atoms with Gasteiger partial charge in [0.05, 0.1) is 40.7 Å². The Bertz CT molecular complexity index is 1420. The van der Waals surface area contributed by atoms with Gasteiger partial charge < -0.3 is 14.4 Å². The van der Waals surface area contributed by atoms with Crippen molar-refractivity contribution in [2.24, 2.45) is 0 Å². The van der Waals surface area contributed by atoms with E-state index in [-0.39, 0.29) is 23.6 Å². The molecule has 0 aliphatic heterocycles. The Labute approximate surface area is 211 Å². The van der Waals surface area contributed by atoms with Gasteiger partial charge in [-0.25, -0.2) is 9.18 Å². The monoisotopic (exact) mass is 511 g/mol. The van der Waals surface area contributed by atoms with Crippen molar-refractivity contribution in [1.82, 2.24) is 4.57 Å². The standard InChI is InChI=1S/C27H20Cl2FNO4/c1-2-35-27(34)20-15-24(16-6-4-3-5-7-16)31(26(20)18-9-11-22(30)21(29)12-18)23-14-19(28)10-8-17(23)13-25(32)33/h3-12,14-15H,2,13H2,1H3,(H,32,33). The molecule has 1 aromatic heterocycles. The van der Waals surface area contributed by atoms with Crippen LogP contribution >= 0.6 is 23.2 Å². The lowest BCUT2D eigenvalue weighted by Crippen LogP contribution is -2.10. The van der Waals surface area contributed by atoms with Crippen LogP contribution in [0.5, 0.6) is 0 Å². The molecule has 1 heterocycles. The van der Waals surface area contributed by atoms with Crippen molar-refractivity contribution in [1.29, 1.82) is 0 Å². The highest BCUT2D eigenvalue weighted by molar-refractivity contribution is 6.31. The quantitative estimate of drug-likeness (QED) is 0.269. The van der Waals surface area contributed by atoms with Crippen molar-refractivity contribution in [2.45, 2.75) is 13.3 Å². The molecule has 4 aromatic rings. The maximum Gasteiger partial charge on any atom is 0.340 e. The van der Waals surface area contributed by atoms with Gasteiger partial charge in [0.2, 0.25) is 0 Å². The molecule has 35 heavy (non-hydrogen) atoms. The van der Waals surface area contributed by atoms with Gasteiger partial charge in [-0.3, -0.25) is 4.79 Å². The van der Waals surface area contributed by atoms with E-state index >= 15 is 0 Å². The highest BCUT2D eigenvalue weighted by Crippen LogP contribution is 2.39. The van der Waals surface area contributed by atoms with Gasteiger partial charge in [0.15, 0.2) is 0 Å². The topological polar surface area (TPSA) is 68.5 Å². The second kappa shape index (κ2) is 10.3. The molecule has 0 atom stereocenters. The van der Waals surface area contributed by atoms with Crippen molar-refractivity contribution in [3.8, 4) is 28.2 Å². The van der Waals surface area contributed by atoms with Crippen molar-refractivity contribution in [3.63, 3.8) is 0 Å². The normalized spacial score (nSPS) is 10.9. The zero-order chi connectivity index (χ0) is 25.1. The minimum Gasteiger partial charge on any atom is -0.481 e. The minimum absolute atomic E-state index is 0.122. The molecular formula is C27H20Cl2FNO4. The van der Waals surface area contributed by atoms with E-state index in [1.807, 2.05) is 30.3 Å². The molecule has 0 amide bonds. The van der Waals surface area contributed by atoms with Gasteiger partial charge in [-0.15, -0.1) is 0 Å². The Hall–Kier alpha value is -3.61. The molecule has 1 N–H and O–H groups in total. The van der Waals surface area contributed by atoms with E-state index in [0.717, 1.165) is 5.56 Å². The zero-order valence-electron chi connectivity index (χ0n) is 18.6. The SMILES string of the molecule is CCOC(=O)c1cc(-c2ccccc2)n(-c2cc(Cl)ccc2CC(=O)O)c1-c1ccc(F)c(Cl)c1. The summed E-state index contributed by atoms with van der Waals surface area (Å²) in [6, 6.07) is 20.0. The number of hydrogen-bond donors (Lipinski definition) is 1. The second-order valence-corrected chi connectivity index (χ2v) is 8.53. The maximum absolute atomic E-state index is 14.0. The summed E-state index contributed by atoms with van der Waals surface area (Å²) in [5, 5.41) is 9.79. The van der Waals surface area contributed by atoms with Crippen LogP contribution in [0, 0.1) is 5.82 Å². The number of halogens is 3. The van der Waals surface area contributed by atoms with Crippen LogP contribution in [-0.2, 0) is 16.0 Å². The first-order valence-corrected chi connectivity index (χ1v) is 11.5. The first kappa shape index (κ1) is 24.5. The van der Waals surface area contributed by atoms with Crippen LogP contribution in [-0.4, -0.2) is 28.2 Å². The summed E-state index contributed by atoms with van der Waals surface area (Å²) in [5.74, 6) is -2.22. The number of ether oxygens (including phenoxy) is 1. The minimum atomic E-state index is -1.03. The number of nitrogens with zero attached hydrogens (tertiary/aromatic N) is 1. The first-order valence-electron chi connectivity index (χ1n) is 10.7. The van der Waals surface area contributed by atoms with E-state index in [4.69, 9.17) is 27.9 Å². The Balaban J connectivity index is 2.15. The van der Waals surface area contributed by atoms with Crippen molar-refractivity contribution >= 4 is 35.1 Å². The van der Waals surface area contributed by atoms with Crippen LogP contribution in [0.3, 0.4) is 0 Å². The smallest absolute Gasteiger partial charge is 0.340 e. The van der Waals surface area contributed by atoms with E-state index in [0.29, 0.717) is 33.2 Å². The van der Waals surface area contributed by atoms with Crippen LogP contribution < -0.4 is 0 Å². The van der Waals surface area contributed by atoms with E-state index < -0.39 is 17.8 Å². The molecule has 0 unspecified atom stereocenters. The van der Waals surface area contributed by atoms with Crippen molar-refractivity contribution < 1.29 is 23.8 Å². The third kappa shape index (κ3) is 5.09. The van der Waals surface area contributed by atoms with Crippen LogP contribution in [0.15, 0.2) is 72.8 Å². The highest BCUT2D eigenvalue weighted by Gasteiger charge is 2.26. The third-order valence-electron chi connectivity index (χ3n) is 5.39. The molecule has 3 aromatic carbocycles. The largest absolute Gasteiger partial charge is 0.481 e. The second-order valence-electron chi connectivity index (χ2n) is 7.69. The molecule has 0 saturated heterocycles. The number of carboxylic acids is 1. The predicted octanol–water partition coefficient (Wildman–Crippen LogP) is 7.06. The summed E-state index contributed by atoms with van der Waals surface area (Å²) >= 11 is 12.4. The van der Waals surface area contributed by atoms with Gasteiger partial charge in [0, 0.05) is 10.6 Å². The summed E-state index contributed by atoms with van der Waals surface area (Å²) in [5.41, 5.74) is 3.33. The molecule has 8 heteroatoms. The molecule has 178 valence electrons. The molecule has 0 radical (unpaired) electrons. The Morgan fingerprint density at radius 2 is 1.71 bits per heavy atom. The van der Waals surface area contributed by atoms with Gasteiger partial charge in [0.1, 0.15) is 5.82 Å². The molecule has 0 aliphatic carbocycles. The molecule has 4 rings (SSSR count). The molecule has 0 saturated carbocycles. The number of carbonyl (C=O) groups excluding carboxylic acids is 1. The predicted molar refractivity (Wildman–Crippen MR) is 134 cm³/mol.